The van der Waals surface area contributed by atoms with Gasteiger partial charge in [-0.3, -0.25) is 24.5 Å². The molecule has 1 atom stereocenters. The van der Waals surface area contributed by atoms with Crippen molar-refractivity contribution in [1.82, 2.24) is 16.0 Å². The topological polar surface area (TPSA) is 104 Å². The van der Waals surface area contributed by atoms with Gasteiger partial charge in [-0.1, -0.05) is 49.2 Å². The van der Waals surface area contributed by atoms with Gasteiger partial charge in [0.05, 0.1) is 4.91 Å². The zero-order valence-corrected chi connectivity index (χ0v) is 19.6. The number of nitrogens with one attached hydrogen (secondary N) is 3. The van der Waals surface area contributed by atoms with E-state index >= 15 is 0 Å². The van der Waals surface area contributed by atoms with Gasteiger partial charge in [0.1, 0.15) is 6.04 Å². The van der Waals surface area contributed by atoms with Crippen molar-refractivity contribution in [2.24, 2.45) is 0 Å². The number of carbonyl (C=O) groups is 4. The lowest BCUT2D eigenvalue weighted by Crippen LogP contribution is -2.48. The van der Waals surface area contributed by atoms with Crippen LogP contribution in [0.3, 0.4) is 0 Å². The van der Waals surface area contributed by atoms with Crippen LogP contribution in [-0.2, 0) is 16.0 Å². The highest BCUT2D eigenvalue weighted by Gasteiger charge is 2.25. The number of imide groups is 1. The maximum Gasteiger partial charge on any atom is 0.290 e. The van der Waals surface area contributed by atoms with E-state index in [1.54, 1.807) is 42.5 Å². The third-order valence-electron chi connectivity index (χ3n) is 4.92. The first-order chi connectivity index (χ1) is 15.9. The molecule has 9 heteroatoms. The number of benzene rings is 2. The van der Waals surface area contributed by atoms with Crippen LogP contribution in [0.5, 0.6) is 0 Å². The number of unbranched alkanes of at least 4 members (excludes halogenated alkanes) is 1. The minimum absolute atomic E-state index is 0.248. The summed E-state index contributed by atoms with van der Waals surface area (Å²) in [6.45, 7) is 2.58. The number of amides is 4. The molecule has 0 bridgehead atoms. The summed E-state index contributed by atoms with van der Waals surface area (Å²) in [5.74, 6) is -1.07. The molecule has 2 aromatic rings. The second-order valence-electron chi connectivity index (χ2n) is 7.48. The van der Waals surface area contributed by atoms with Crippen LogP contribution in [0.25, 0.3) is 6.08 Å². The van der Waals surface area contributed by atoms with Crippen molar-refractivity contribution < 1.29 is 19.2 Å². The molecular formula is C24H24ClN3O4S. The Kier molecular flexibility index (Phi) is 8.68. The molecule has 1 aliphatic rings. The lowest BCUT2D eigenvalue weighted by atomic mass is 10.0. The molecule has 3 N–H and O–H groups in total. The van der Waals surface area contributed by atoms with Crippen LogP contribution in [0.15, 0.2) is 53.4 Å². The van der Waals surface area contributed by atoms with Gasteiger partial charge in [0.2, 0.25) is 5.91 Å². The van der Waals surface area contributed by atoms with E-state index in [-0.39, 0.29) is 11.8 Å². The number of carbonyl (C=O) groups excluding carboxylic acids is 4. The number of hydrogen-bond donors (Lipinski definition) is 3. The van der Waals surface area contributed by atoms with E-state index in [0.29, 0.717) is 34.0 Å². The van der Waals surface area contributed by atoms with Crippen LogP contribution < -0.4 is 16.0 Å². The smallest absolute Gasteiger partial charge is 0.290 e. The first-order valence-electron chi connectivity index (χ1n) is 10.5. The molecule has 0 saturated carbocycles. The third-order valence-corrected chi connectivity index (χ3v) is 5.98. The minimum atomic E-state index is -0.748. The molecule has 0 aromatic heterocycles. The van der Waals surface area contributed by atoms with Gasteiger partial charge in [0, 0.05) is 23.6 Å². The molecule has 4 amide bonds. The number of thioether (sulfide) groups is 1. The van der Waals surface area contributed by atoms with Crippen molar-refractivity contribution in [2.75, 3.05) is 6.54 Å². The van der Waals surface area contributed by atoms with Crippen molar-refractivity contribution in [3.8, 4) is 0 Å². The Labute approximate surface area is 201 Å². The summed E-state index contributed by atoms with van der Waals surface area (Å²) in [5, 5.41) is 8.07. The molecule has 1 fully saturated rings. The van der Waals surface area contributed by atoms with E-state index in [1.165, 1.54) is 0 Å². The van der Waals surface area contributed by atoms with Crippen molar-refractivity contribution >= 4 is 52.4 Å². The van der Waals surface area contributed by atoms with Crippen molar-refractivity contribution in [2.45, 2.75) is 32.2 Å². The molecule has 33 heavy (non-hydrogen) atoms. The van der Waals surface area contributed by atoms with Gasteiger partial charge in [-0.2, -0.15) is 0 Å². The summed E-state index contributed by atoms with van der Waals surface area (Å²) in [6, 6.07) is 13.0. The lowest BCUT2D eigenvalue weighted by molar-refractivity contribution is -0.123. The number of rotatable bonds is 9. The van der Waals surface area contributed by atoms with Crippen LogP contribution in [-0.4, -0.2) is 35.5 Å². The maximum atomic E-state index is 12.8. The predicted octanol–water partition coefficient (Wildman–Crippen LogP) is 3.92. The van der Waals surface area contributed by atoms with E-state index in [2.05, 4.69) is 16.0 Å². The Balaban J connectivity index is 1.70. The second-order valence-corrected chi connectivity index (χ2v) is 8.93. The van der Waals surface area contributed by atoms with Crippen LogP contribution in [0.2, 0.25) is 5.02 Å². The molecule has 0 aliphatic carbocycles. The van der Waals surface area contributed by atoms with Crippen LogP contribution in [0.1, 0.15) is 41.3 Å². The zero-order valence-electron chi connectivity index (χ0n) is 18.0. The lowest BCUT2D eigenvalue weighted by Gasteiger charge is -2.19. The molecular weight excluding hydrogens is 462 g/mol. The highest BCUT2D eigenvalue weighted by Crippen LogP contribution is 2.25. The zero-order chi connectivity index (χ0) is 23.8. The van der Waals surface area contributed by atoms with E-state index in [9.17, 15) is 19.2 Å². The van der Waals surface area contributed by atoms with Crippen molar-refractivity contribution in [3.05, 3.63) is 75.1 Å². The number of hydrogen-bond acceptors (Lipinski definition) is 5. The summed E-state index contributed by atoms with van der Waals surface area (Å²) >= 11 is 6.78. The molecule has 0 spiro atoms. The van der Waals surface area contributed by atoms with Gasteiger partial charge >= 0.3 is 0 Å². The molecule has 0 radical (unpaired) electrons. The Hall–Kier alpha value is -3.10. The second kappa shape index (κ2) is 11.7. The van der Waals surface area contributed by atoms with Crippen LogP contribution in [0.4, 0.5) is 4.79 Å². The summed E-state index contributed by atoms with van der Waals surface area (Å²) in [7, 11) is 0. The quantitative estimate of drug-likeness (QED) is 0.369. The standard InChI is InChI=1S/C24H24ClN3O4S/c1-2-3-12-26-22(30)19(13-15-6-10-18(25)11-7-15)27-21(29)17-8-4-16(5-9-17)14-20-23(31)28-24(32)33-20/h4-11,14,19H,2-3,12-13H2,1H3,(H,26,30)(H,27,29)(H,28,31,32)/b20-14-/t19-/m1/s1. The van der Waals surface area contributed by atoms with E-state index in [0.717, 1.165) is 30.2 Å². The fourth-order valence-corrected chi connectivity index (χ4v) is 3.93. The normalized spacial score (nSPS) is 15.3. The van der Waals surface area contributed by atoms with Crippen LogP contribution in [0, 0.1) is 0 Å². The highest BCUT2D eigenvalue weighted by atomic mass is 35.5. The largest absolute Gasteiger partial charge is 0.354 e. The Morgan fingerprint density at radius 3 is 2.39 bits per heavy atom. The van der Waals surface area contributed by atoms with Gasteiger partial charge in [0.25, 0.3) is 17.1 Å². The molecule has 1 heterocycles. The maximum absolute atomic E-state index is 12.8. The predicted molar refractivity (Wildman–Crippen MR) is 130 cm³/mol. The SMILES string of the molecule is CCCCNC(=O)[C@@H](Cc1ccc(Cl)cc1)NC(=O)c1ccc(/C=C2\SC(=O)NC2=O)cc1. The van der Waals surface area contributed by atoms with E-state index in [4.69, 9.17) is 11.6 Å². The fraction of sp³-hybridized carbons (Fsp3) is 0.250. The summed E-state index contributed by atoms with van der Waals surface area (Å²) in [6.07, 6.45) is 3.71. The average Bonchev–Trinajstić information content (AvgIpc) is 3.11. The molecule has 1 saturated heterocycles. The first-order valence-corrected chi connectivity index (χ1v) is 11.7. The van der Waals surface area contributed by atoms with Crippen molar-refractivity contribution in [1.29, 1.82) is 0 Å². The average molecular weight is 486 g/mol. The van der Waals surface area contributed by atoms with Gasteiger partial charge in [-0.25, -0.2) is 0 Å². The Bertz CT molecular complexity index is 1070. The van der Waals surface area contributed by atoms with Gasteiger partial charge in [-0.15, -0.1) is 0 Å². The molecule has 0 unspecified atom stereocenters. The first kappa shape index (κ1) is 24.5. The van der Waals surface area contributed by atoms with Crippen molar-refractivity contribution in [3.63, 3.8) is 0 Å². The molecule has 7 nitrogen and oxygen atoms in total. The molecule has 1 aliphatic heterocycles. The van der Waals surface area contributed by atoms with Crippen LogP contribution >= 0.6 is 23.4 Å². The Morgan fingerprint density at radius 1 is 1.09 bits per heavy atom. The number of halogens is 1. The minimum Gasteiger partial charge on any atom is -0.354 e. The van der Waals surface area contributed by atoms with E-state index in [1.807, 2.05) is 19.1 Å². The summed E-state index contributed by atoms with van der Waals surface area (Å²) in [5.41, 5.74) is 1.92. The Morgan fingerprint density at radius 2 is 1.79 bits per heavy atom. The highest BCUT2D eigenvalue weighted by molar-refractivity contribution is 8.18. The molecule has 172 valence electrons. The monoisotopic (exact) mass is 485 g/mol. The molecule has 3 rings (SSSR count). The van der Waals surface area contributed by atoms with Gasteiger partial charge in [-0.05, 0) is 59.7 Å². The fourth-order valence-electron chi connectivity index (χ4n) is 3.12. The summed E-state index contributed by atoms with van der Waals surface area (Å²) in [4.78, 5) is 48.8. The molecule has 2 aromatic carbocycles. The summed E-state index contributed by atoms with van der Waals surface area (Å²) < 4.78 is 0. The van der Waals surface area contributed by atoms with Gasteiger partial charge in [0.15, 0.2) is 0 Å². The third kappa shape index (κ3) is 7.20. The van der Waals surface area contributed by atoms with E-state index < -0.39 is 17.2 Å². The van der Waals surface area contributed by atoms with Gasteiger partial charge < -0.3 is 10.6 Å².